The van der Waals surface area contributed by atoms with Gasteiger partial charge in [0, 0.05) is 25.1 Å². The second kappa shape index (κ2) is 7.70. The van der Waals surface area contributed by atoms with Crippen LogP contribution in [-0.4, -0.2) is 17.4 Å². The highest BCUT2D eigenvalue weighted by Crippen LogP contribution is 2.29. The van der Waals surface area contributed by atoms with Crippen molar-refractivity contribution in [2.45, 2.75) is 32.4 Å². The standard InChI is InChI=1S/C20H21N3OS2/c1-15(24)23(17-7-3-2-4-8-17)20-21-16(14-26-20)13-22-11-5-9-18(22)19-10-6-12-25-19/h2-4,6-8,10,12,14,18H,5,9,11,13H2,1H3/p+1/t18-/m0/s1. The van der Waals surface area contributed by atoms with E-state index in [1.807, 2.05) is 41.7 Å². The largest absolute Gasteiger partial charge is 0.323 e. The van der Waals surface area contributed by atoms with Crippen molar-refractivity contribution in [3.63, 3.8) is 0 Å². The first-order chi connectivity index (χ1) is 12.7. The Morgan fingerprint density at radius 2 is 2.08 bits per heavy atom. The summed E-state index contributed by atoms with van der Waals surface area (Å²) >= 11 is 3.40. The van der Waals surface area contributed by atoms with Crippen molar-refractivity contribution in [1.29, 1.82) is 0 Å². The molecule has 1 amide bonds. The first-order valence-electron chi connectivity index (χ1n) is 8.90. The second-order valence-electron chi connectivity index (χ2n) is 6.61. The molecular weight excluding hydrogens is 362 g/mol. The normalized spacial score (nSPS) is 19.6. The number of amides is 1. The number of aromatic nitrogens is 1. The van der Waals surface area contributed by atoms with Crippen LogP contribution in [0.4, 0.5) is 10.8 Å². The number of hydrogen-bond acceptors (Lipinski definition) is 4. The lowest BCUT2D eigenvalue weighted by atomic mass is 10.2. The van der Waals surface area contributed by atoms with E-state index in [9.17, 15) is 4.79 Å². The van der Waals surface area contributed by atoms with Crippen LogP contribution in [0.15, 0.2) is 53.2 Å². The molecule has 1 unspecified atom stereocenters. The van der Waals surface area contributed by atoms with Gasteiger partial charge in [0.25, 0.3) is 0 Å². The van der Waals surface area contributed by atoms with E-state index >= 15 is 0 Å². The highest BCUT2D eigenvalue weighted by molar-refractivity contribution is 7.14. The average molecular weight is 385 g/mol. The summed E-state index contributed by atoms with van der Waals surface area (Å²) in [6.45, 7) is 3.69. The van der Waals surface area contributed by atoms with E-state index in [0.29, 0.717) is 6.04 Å². The Hall–Kier alpha value is -2.02. The summed E-state index contributed by atoms with van der Waals surface area (Å²) in [6, 6.07) is 14.7. The lowest BCUT2D eigenvalue weighted by Crippen LogP contribution is -3.08. The van der Waals surface area contributed by atoms with Crippen LogP contribution in [-0.2, 0) is 11.3 Å². The lowest BCUT2D eigenvalue weighted by Gasteiger charge is -2.20. The molecule has 3 aromatic rings. The predicted molar refractivity (Wildman–Crippen MR) is 107 cm³/mol. The Morgan fingerprint density at radius 3 is 2.81 bits per heavy atom. The molecule has 4 rings (SSSR count). The highest BCUT2D eigenvalue weighted by Gasteiger charge is 2.31. The smallest absolute Gasteiger partial charge is 0.230 e. The SMILES string of the molecule is CC(=O)N(c1ccccc1)c1nc(C[NH+]2CCC[C@H]2c2cccs2)cs1. The fraction of sp³-hybridized carbons (Fsp3) is 0.300. The van der Waals surface area contributed by atoms with Crippen molar-refractivity contribution in [2.24, 2.45) is 0 Å². The minimum atomic E-state index is -0.0120. The molecule has 3 heterocycles. The Kier molecular flexibility index (Phi) is 5.15. The number of hydrogen-bond donors (Lipinski definition) is 1. The highest BCUT2D eigenvalue weighted by atomic mass is 32.1. The minimum Gasteiger partial charge on any atom is -0.323 e. The number of anilines is 2. The molecule has 0 bridgehead atoms. The second-order valence-corrected chi connectivity index (χ2v) is 8.42. The monoisotopic (exact) mass is 384 g/mol. The average Bonchev–Trinajstić information content (AvgIpc) is 3.38. The van der Waals surface area contributed by atoms with Crippen molar-refractivity contribution in [3.05, 3.63) is 63.8 Å². The van der Waals surface area contributed by atoms with Crippen LogP contribution >= 0.6 is 22.7 Å². The van der Waals surface area contributed by atoms with Gasteiger partial charge in [-0.2, -0.15) is 0 Å². The molecule has 1 aromatic carbocycles. The van der Waals surface area contributed by atoms with Gasteiger partial charge >= 0.3 is 0 Å². The number of likely N-dealkylation sites (tertiary alicyclic amines) is 1. The minimum absolute atomic E-state index is 0.0120. The number of carbonyl (C=O) groups excluding carboxylic acids is 1. The third kappa shape index (κ3) is 3.58. The maximum absolute atomic E-state index is 12.2. The van der Waals surface area contributed by atoms with Crippen LogP contribution in [0.3, 0.4) is 0 Å². The fourth-order valence-electron chi connectivity index (χ4n) is 3.67. The van der Waals surface area contributed by atoms with Crippen molar-refractivity contribution >= 4 is 39.4 Å². The summed E-state index contributed by atoms with van der Waals surface area (Å²) in [5.74, 6) is -0.0120. The molecule has 1 aliphatic rings. The van der Waals surface area contributed by atoms with Gasteiger partial charge in [-0.05, 0) is 23.6 Å². The molecule has 2 aromatic heterocycles. The van der Waals surface area contributed by atoms with Gasteiger partial charge in [-0.3, -0.25) is 9.69 Å². The fourth-order valence-corrected chi connectivity index (χ4v) is 5.48. The summed E-state index contributed by atoms with van der Waals surface area (Å²) in [5.41, 5.74) is 1.94. The third-order valence-corrected chi connectivity index (χ3v) is 6.70. The van der Waals surface area contributed by atoms with Crippen LogP contribution in [0.2, 0.25) is 0 Å². The van der Waals surface area contributed by atoms with Gasteiger partial charge in [0.15, 0.2) is 5.13 Å². The van der Waals surface area contributed by atoms with Gasteiger partial charge in [-0.25, -0.2) is 4.98 Å². The number of nitrogens with zero attached hydrogens (tertiary/aromatic N) is 2. The molecule has 1 saturated heterocycles. The van der Waals surface area contributed by atoms with Crippen LogP contribution in [0.25, 0.3) is 0 Å². The number of nitrogens with one attached hydrogen (secondary N) is 1. The quantitative estimate of drug-likeness (QED) is 0.726. The Balaban J connectivity index is 1.53. The number of thiophene rings is 1. The van der Waals surface area contributed by atoms with E-state index in [1.54, 1.807) is 28.1 Å². The van der Waals surface area contributed by atoms with Gasteiger partial charge in [-0.15, -0.1) is 22.7 Å². The van der Waals surface area contributed by atoms with Crippen LogP contribution in [0.1, 0.15) is 36.4 Å². The number of rotatable bonds is 5. The summed E-state index contributed by atoms with van der Waals surface area (Å²) in [6.07, 6.45) is 2.51. The van der Waals surface area contributed by atoms with Gasteiger partial charge in [0.05, 0.1) is 17.1 Å². The molecule has 6 heteroatoms. The van der Waals surface area contributed by atoms with Crippen molar-refractivity contribution in [3.8, 4) is 0 Å². The van der Waals surface area contributed by atoms with E-state index in [-0.39, 0.29) is 5.91 Å². The zero-order valence-electron chi connectivity index (χ0n) is 14.7. The van der Waals surface area contributed by atoms with E-state index in [4.69, 9.17) is 4.98 Å². The molecule has 0 aliphatic carbocycles. The van der Waals surface area contributed by atoms with Gasteiger partial charge < -0.3 is 4.90 Å². The van der Waals surface area contributed by atoms with E-state index < -0.39 is 0 Å². The summed E-state index contributed by atoms with van der Waals surface area (Å²) in [4.78, 5) is 21.7. The maximum atomic E-state index is 12.2. The van der Waals surface area contributed by atoms with Crippen LogP contribution in [0, 0.1) is 0 Å². The molecule has 1 aliphatic heterocycles. The molecule has 2 atom stereocenters. The van der Waals surface area contributed by atoms with E-state index in [0.717, 1.165) is 23.1 Å². The number of para-hydroxylation sites is 1. The Morgan fingerprint density at radius 1 is 1.23 bits per heavy atom. The summed E-state index contributed by atoms with van der Waals surface area (Å²) < 4.78 is 0. The van der Waals surface area contributed by atoms with Crippen molar-refractivity contribution in [2.75, 3.05) is 11.4 Å². The zero-order valence-corrected chi connectivity index (χ0v) is 16.4. The molecule has 4 nitrogen and oxygen atoms in total. The first kappa shape index (κ1) is 17.4. The molecule has 26 heavy (non-hydrogen) atoms. The molecule has 134 valence electrons. The molecule has 0 radical (unpaired) electrons. The molecule has 1 fully saturated rings. The summed E-state index contributed by atoms with van der Waals surface area (Å²) in [7, 11) is 0. The van der Waals surface area contributed by atoms with Crippen molar-refractivity contribution in [1.82, 2.24) is 4.98 Å². The topological polar surface area (TPSA) is 37.6 Å². The lowest BCUT2D eigenvalue weighted by molar-refractivity contribution is -0.931. The van der Waals surface area contributed by atoms with E-state index in [2.05, 4.69) is 22.9 Å². The Bertz CT molecular complexity index is 860. The predicted octanol–water partition coefficient (Wildman–Crippen LogP) is 3.81. The number of thiazole rings is 1. The zero-order chi connectivity index (χ0) is 17.9. The Labute approximate surface area is 161 Å². The van der Waals surface area contributed by atoms with Gasteiger partial charge in [-0.1, -0.05) is 24.3 Å². The molecule has 0 saturated carbocycles. The van der Waals surface area contributed by atoms with Crippen LogP contribution < -0.4 is 9.80 Å². The molecule has 0 spiro atoms. The maximum Gasteiger partial charge on any atom is 0.230 e. The number of quaternary nitrogens is 1. The molecular formula is C20H22N3OS2+. The summed E-state index contributed by atoms with van der Waals surface area (Å²) in [5, 5.41) is 5.02. The van der Waals surface area contributed by atoms with Crippen LogP contribution in [0.5, 0.6) is 0 Å². The molecule has 1 N–H and O–H groups in total. The van der Waals surface area contributed by atoms with Gasteiger partial charge in [0.2, 0.25) is 5.91 Å². The number of benzene rings is 1. The van der Waals surface area contributed by atoms with Gasteiger partial charge in [0.1, 0.15) is 18.3 Å². The van der Waals surface area contributed by atoms with Crippen molar-refractivity contribution < 1.29 is 9.69 Å². The first-order valence-corrected chi connectivity index (χ1v) is 10.7. The third-order valence-electron chi connectivity index (χ3n) is 4.84. The van der Waals surface area contributed by atoms with E-state index in [1.165, 1.54) is 24.3 Å². The number of carbonyl (C=O) groups is 1.